The van der Waals surface area contributed by atoms with Crippen LogP contribution in [0.3, 0.4) is 0 Å². The van der Waals surface area contributed by atoms with Crippen LogP contribution in [0.4, 0.5) is 9.59 Å². The van der Waals surface area contributed by atoms with E-state index < -0.39 is 0 Å². The van der Waals surface area contributed by atoms with Gasteiger partial charge in [0.1, 0.15) is 5.75 Å². The quantitative estimate of drug-likeness (QED) is 0.799. The van der Waals surface area contributed by atoms with Crippen LogP contribution >= 0.6 is 0 Å². The first-order chi connectivity index (χ1) is 12.9. The molecule has 2 rings (SSSR count). The van der Waals surface area contributed by atoms with Gasteiger partial charge in [-0.1, -0.05) is 26.0 Å². The smallest absolute Gasteiger partial charge is 0.409 e. The molecule has 0 spiro atoms. The minimum Gasteiger partial charge on any atom is -0.497 e. The number of urea groups is 1. The summed E-state index contributed by atoms with van der Waals surface area (Å²) in [5, 5.41) is 5.97. The molecular weight excluding hydrogens is 346 g/mol. The van der Waals surface area contributed by atoms with Crippen LogP contribution in [0, 0.1) is 0 Å². The minimum absolute atomic E-state index is 0.0692. The van der Waals surface area contributed by atoms with Crippen LogP contribution in [0.5, 0.6) is 5.75 Å². The molecule has 7 nitrogen and oxygen atoms in total. The van der Waals surface area contributed by atoms with Gasteiger partial charge in [-0.25, -0.2) is 9.59 Å². The van der Waals surface area contributed by atoms with Crippen molar-refractivity contribution in [1.82, 2.24) is 15.5 Å². The zero-order chi connectivity index (χ0) is 19.9. The number of hydrogen-bond donors (Lipinski definition) is 2. The molecule has 0 unspecified atom stereocenters. The number of amides is 3. The highest BCUT2D eigenvalue weighted by molar-refractivity contribution is 5.74. The highest BCUT2D eigenvalue weighted by Gasteiger charge is 2.26. The number of piperidine rings is 1. The lowest BCUT2D eigenvalue weighted by Crippen LogP contribution is -2.50. The molecule has 150 valence electrons. The molecule has 7 heteroatoms. The van der Waals surface area contributed by atoms with Gasteiger partial charge in [0.25, 0.3) is 0 Å². The van der Waals surface area contributed by atoms with Crippen molar-refractivity contribution in [2.75, 3.05) is 33.4 Å². The Hall–Kier alpha value is -2.44. The molecule has 27 heavy (non-hydrogen) atoms. The van der Waals surface area contributed by atoms with E-state index in [0.29, 0.717) is 26.2 Å². The number of ether oxygens (including phenoxy) is 2. The van der Waals surface area contributed by atoms with Gasteiger partial charge in [0.15, 0.2) is 0 Å². The average molecular weight is 377 g/mol. The highest BCUT2D eigenvalue weighted by atomic mass is 16.6. The maximum Gasteiger partial charge on any atom is 0.409 e. The van der Waals surface area contributed by atoms with Gasteiger partial charge in [0.05, 0.1) is 13.7 Å². The number of rotatable bonds is 6. The molecule has 1 saturated heterocycles. The molecule has 0 aliphatic carbocycles. The molecule has 2 N–H and O–H groups in total. The lowest BCUT2D eigenvalue weighted by atomic mass is 9.84. The molecule has 0 radical (unpaired) electrons. The molecule has 1 heterocycles. The Bertz CT molecular complexity index is 623. The molecule has 0 atom stereocenters. The Morgan fingerprint density at radius 2 is 1.81 bits per heavy atom. The van der Waals surface area contributed by atoms with E-state index in [1.54, 1.807) is 18.9 Å². The third kappa shape index (κ3) is 6.05. The molecule has 0 bridgehead atoms. The fraction of sp³-hybridized carbons (Fsp3) is 0.600. The number of nitrogens with one attached hydrogen (secondary N) is 2. The minimum atomic E-state index is -0.276. The number of likely N-dealkylation sites (tertiary alicyclic amines) is 1. The second-order valence-electron chi connectivity index (χ2n) is 7.40. The van der Waals surface area contributed by atoms with E-state index in [4.69, 9.17) is 9.47 Å². The summed E-state index contributed by atoms with van der Waals surface area (Å²) in [6.07, 6.45) is 1.18. The maximum absolute atomic E-state index is 12.3. The van der Waals surface area contributed by atoms with E-state index >= 15 is 0 Å². The van der Waals surface area contributed by atoms with Crippen LogP contribution < -0.4 is 15.4 Å². The summed E-state index contributed by atoms with van der Waals surface area (Å²) in [7, 11) is 1.64. The van der Waals surface area contributed by atoms with Gasteiger partial charge in [-0.3, -0.25) is 0 Å². The normalized spacial score (nSPS) is 15.2. The van der Waals surface area contributed by atoms with Crippen molar-refractivity contribution < 1.29 is 19.1 Å². The molecule has 0 aromatic heterocycles. The topological polar surface area (TPSA) is 79.9 Å². The van der Waals surface area contributed by atoms with Crippen molar-refractivity contribution in [2.45, 2.75) is 45.1 Å². The van der Waals surface area contributed by atoms with Crippen molar-refractivity contribution in [2.24, 2.45) is 0 Å². The number of benzene rings is 1. The highest BCUT2D eigenvalue weighted by Crippen LogP contribution is 2.24. The summed E-state index contributed by atoms with van der Waals surface area (Å²) < 4.78 is 10.2. The van der Waals surface area contributed by atoms with Crippen LogP contribution in [-0.2, 0) is 10.2 Å². The predicted molar refractivity (Wildman–Crippen MR) is 104 cm³/mol. The first-order valence-corrected chi connectivity index (χ1v) is 9.46. The van der Waals surface area contributed by atoms with Gasteiger partial charge in [-0.15, -0.1) is 0 Å². The summed E-state index contributed by atoms with van der Waals surface area (Å²) in [4.78, 5) is 25.7. The summed E-state index contributed by atoms with van der Waals surface area (Å²) in [5.74, 6) is 0.814. The lowest BCUT2D eigenvalue weighted by molar-refractivity contribution is 0.0957. The predicted octanol–water partition coefficient (Wildman–Crippen LogP) is 2.89. The number of nitrogens with zero attached hydrogens (tertiary/aromatic N) is 1. The Balaban J connectivity index is 1.76. The van der Waals surface area contributed by atoms with Crippen molar-refractivity contribution in [3.05, 3.63) is 29.8 Å². The van der Waals surface area contributed by atoms with Crippen LogP contribution in [0.2, 0.25) is 0 Å². The Kier molecular flexibility index (Phi) is 7.33. The second-order valence-corrected chi connectivity index (χ2v) is 7.40. The monoisotopic (exact) mass is 377 g/mol. The molecule has 1 aliphatic rings. The van der Waals surface area contributed by atoms with Crippen molar-refractivity contribution in [1.29, 1.82) is 0 Å². The number of methoxy groups -OCH3 is 1. The van der Waals surface area contributed by atoms with E-state index in [-0.39, 0.29) is 23.6 Å². The molecular formula is C20H31N3O4. The molecule has 1 fully saturated rings. The van der Waals surface area contributed by atoms with E-state index in [0.717, 1.165) is 24.2 Å². The number of hydrogen-bond acceptors (Lipinski definition) is 4. The van der Waals surface area contributed by atoms with Crippen LogP contribution in [0.1, 0.15) is 39.2 Å². The largest absolute Gasteiger partial charge is 0.497 e. The first kappa shape index (κ1) is 20.9. The Morgan fingerprint density at radius 3 is 2.37 bits per heavy atom. The molecule has 1 aromatic rings. The van der Waals surface area contributed by atoms with Crippen LogP contribution in [-0.4, -0.2) is 56.4 Å². The lowest BCUT2D eigenvalue weighted by Gasteiger charge is -2.32. The molecule has 0 saturated carbocycles. The molecule has 1 aromatic carbocycles. The fourth-order valence-electron chi connectivity index (χ4n) is 3.10. The molecule has 1 aliphatic heterocycles. The zero-order valence-electron chi connectivity index (χ0n) is 16.7. The van der Waals surface area contributed by atoms with Gasteiger partial charge in [-0.2, -0.15) is 0 Å². The molecule has 3 amide bonds. The summed E-state index contributed by atoms with van der Waals surface area (Å²) in [6.45, 7) is 8.07. The van der Waals surface area contributed by atoms with Crippen LogP contribution in [0.25, 0.3) is 0 Å². The first-order valence-electron chi connectivity index (χ1n) is 9.46. The van der Waals surface area contributed by atoms with E-state index in [1.807, 2.05) is 24.3 Å². The maximum atomic E-state index is 12.3. The van der Waals surface area contributed by atoms with Gasteiger partial charge in [-0.05, 0) is 37.5 Å². The van der Waals surface area contributed by atoms with Crippen molar-refractivity contribution >= 4 is 12.1 Å². The van der Waals surface area contributed by atoms with Crippen molar-refractivity contribution in [3.63, 3.8) is 0 Å². The number of carbonyl (C=O) groups excluding carboxylic acids is 2. The third-order valence-electron chi connectivity index (χ3n) is 4.92. The van der Waals surface area contributed by atoms with Gasteiger partial charge >= 0.3 is 12.1 Å². The van der Waals surface area contributed by atoms with E-state index in [9.17, 15) is 9.59 Å². The van der Waals surface area contributed by atoms with E-state index in [2.05, 4.69) is 24.5 Å². The standard InChI is InChI=1S/C20H31N3O4/c1-5-27-19(25)23-12-10-16(11-13-23)22-18(24)21-14-20(2,3)15-6-8-17(26-4)9-7-15/h6-9,16H,5,10-14H2,1-4H3,(H2,21,22,24). The van der Waals surface area contributed by atoms with Gasteiger partial charge in [0.2, 0.25) is 0 Å². The van der Waals surface area contributed by atoms with E-state index in [1.165, 1.54) is 0 Å². The zero-order valence-corrected chi connectivity index (χ0v) is 16.7. The second kappa shape index (κ2) is 9.48. The van der Waals surface area contributed by atoms with Gasteiger partial charge in [0, 0.05) is 31.1 Å². The SMILES string of the molecule is CCOC(=O)N1CCC(NC(=O)NCC(C)(C)c2ccc(OC)cc2)CC1. The summed E-state index contributed by atoms with van der Waals surface area (Å²) in [5.41, 5.74) is 0.933. The average Bonchev–Trinajstić information content (AvgIpc) is 2.67. The summed E-state index contributed by atoms with van der Waals surface area (Å²) in [6, 6.07) is 7.78. The number of carbonyl (C=O) groups is 2. The van der Waals surface area contributed by atoms with Crippen molar-refractivity contribution in [3.8, 4) is 5.75 Å². The Morgan fingerprint density at radius 1 is 1.19 bits per heavy atom. The third-order valence-corrected chi connectivity index (χ3v) is 4.92. The fourth-order valence-corrected chi connectivity index (χ4v) is 3.10. The van der Waals surface area contributed by atoms with Crippen LogP contribution in [0.15, 0.2) is 24.3 Å². The van der Waals surface area contributed by atoms with Gasteiger partial charge < -0.3 is 25.0 Å². The summed E-state index contributed by atoms with van der Waals surface area (Å²) >= 11 is 0. The Labute approximate surface area is 161 Å².